The molecule has 0 fully saturated rings. The third-order valence-corrected chi connectivity index (χ3v) is 4.49. The van der Waals surface area contributed by atoms with Gasteiger partial charge in [-0.25, -0.2) is 4.39 Å². The number of alkyl halides is 1. The minimum atomic E-state index is -1.40. The van der Waals surface area contributed by atoms with Gasteiger partial charge in [-0.1, -0.05) is 12.7 Å². The maximum absolute atomic E-state index is 13.8. The Labute approximate surface area is 179 Å². The SMILES string of the molecule is C=C/C(C)=C(\CN(C)CCN/C=C1/C(C(=O)NC)=NC=CC1NC)OCC(C)(C)F. The van der Waals surface area contributed by atoms with Crippen molar-refractivity contribution in [2.75, 3.05) is 47.4 Å². The van der Waals surface area contributed by atoms with Crippen molar-refractivity contribution in [1.29, 1.82) is 0 Å². The first kappa shape index (κ1) is 25.6. The van der Waals surface area contributed by atoms with Crippen molar-refractivity contribution in [2.45, 2.75) is 32.5 Å². The van der Waals surface area contributed by atoms with Crippen molar-refractivity contribution in [3.05, 3.63) is 48.0 Å². The number of ether oxygens (including phenoxy) is 1. The van der Waals surface area contributed by atoms with Crippen molar-refractivity contribution in [3.63, 3.8) is 0 Å². The molecule has 0 radical (unpaired) electrons. The van der Waals surface area contributed by atoms with Gasteiger partial charge in [-0.15, -0.1) is 0 Å². The Hall–Kier alpha value is -2.45. The molecule has 0 aromatic carbocycles. The Morgan fingerprint density at radius 2 is 2.13 bits per heavy atom. The molecule has 0 saturated heterocycles. The van der Waals surface area contributed by atoms with Gasteiger partial charge in [0, 0.05) is 38.1 Å². The molecule has 1 unspecified atom stereocenters. The van der Waals surface area contributed by atoms with E-state index in [4.69, 9.17) is 4.74 Å². The Bertz CT molecular complexity index is 720. The van der Waals surface area contributed by atoms with Crippen LogP contribution in [-0.4, -0.2) is 75.6 Å². The molecule has 8 heteroatoms. The van der Waals surface area contributed by atoms with Gasteiger partial charge >= 0.3 is 0 Å². The zero-order valence-electron chi connectivity index (χ0n) is 19.0. The molecule has 1 rings (SSSR count). The molecule has 30 heavy (non-hydrogen) atoms. The van der Waals surface area contributed by atoms with E-state index in [1.807, 2.05) is 33.3 Å². The molecule has 7 nitrogen and oxygen atoms in total. The fourth-order valence-electron chi connectivity index (χ4n) is 2.67. The lowest BCUT2D eigenvalue weighted by Gasteiger charge is -2.23. The summed E-state index contributed by atoms with van der Waals surface area (Å²) in [5.74, 6) is 0.477. The summed E-state index contributed by atoms with van der Waals surface area (Å²) in [5.41, 5.74) is 0.646. The van der Waals surface area contributed by atoms with E-state index in [0.29, 0.717) is 31.1 Å². The first-order valence-corrected chi connectivity index (χ1v) is 10.0. The van der Waals surface area contributed by atoms with E-state index in [0.717, 1.165) is 11.1 Å². The van der Waals surface area contributed by atoms with Crippen LogP contribution in [0.4, 0.5) is 4.39 Å². The van der Waals surface area contributed by atoms with Gasteiger partial charge in [-0.2, -0.15) is 0 Å². The van der Waals surface area contributed by atoms with Crippen LogP contribution in [0.3, 0.4) is 0 Å². The quantitative estimate of drug-likeness (QED) is 0.255. The third kappa shape index (κ3) is 8.51. The number of likely N-dealkylation sites (N-methyl/N-ethyl adjacent to an activating group) is 2. The number of hydrogen-bond donors (Lipinski definition) is 3. The summed E-state index contributed by atoms with van der Waals surface area (Å²) in [5, 5.41) is 9.03. The van der Waals surface area contributed by atoms with Crippen molar-refractivity contribution in [1.82, 2.24) is 20.9 Å². The maximum Gasteiger partial charge on any atom is 0.270 e. The number of allylic oxidation sites excluding steroid dienone is 2. The largest absolute Gasteiger partial charge is 0.493 e. The predicted molar refractivity (Wildman–Crippen MR) is 121 cm³/mol. The Kier molecular flexibility index (Phi) is 10.5. The van der Waals surface area contributed by atoms with Crippen LogP contribution in [0.5, 0.6) is 0 Å². The monoisotopic (exact) mass is 421 g/mol. The molecule has 0 aromatic rings. The molecule has 3 N–H and O–H groups in total. The van der Waals surface area contributed by atoms with Crippen molar-refractivity contribution in [2.24, 2.45) is 4.99 Å². The molecular weight excluding hydrogens is 385 g/mol. The van der Waals surface area contributed by atoms with E-state index in [1.54, 1.807) is 19.3 Å². The molecule has 0 saturated carbocycles. The van der Waals surface area contributed by atoms with Gasteiger partial charge in [-0.05, 0) is 46.5 Å². The summed E-state index contributed by atoms with van der Waals surface area (Å²) in [6, 6.07) is -0.0951. The highest BCUT2D eigenvalue weighted by Crippen LogP contribution is 2.15. The topological polar surface area (TPSA) is 78.0 Å². The summed E-state index contributed by atoms with van der Waals surface area (Å²) in [6.45, 7) is 10.6. The van der Waals surface area contributed by atoms with Gasteiger partial charge in [0.05, 0.1) is 12.6 Å². The highest BCUT2D eigenvalue weighted by atomic mass is 19.1. The van der Waals surface area contributed by atoms with E-state index in [1.165, 1.54) is 13.8 Å². The van der Waals surface area contributed by atoms with E-state index >= 15 is 0 Å². The van der Waals surface area contributed by atoms with Crippen molar-refractivity contribution >= 4 is 11.6 Å². The van der Waals surface area contributed by atoms with Gasteiger partial charge < -0.3 is 20.7 Å². The highest BCUT2D eigenvalue weighted by molar-refractivity contribution is 6.46. The number of nitrogens with zero attached hydrogens (tertiary/aromatic N) is 2. The van der Waals surface area contributed by atoms with Crippen LogP contribution in [0.2, 0.25) is 0 Å². The zero-order valence-corrected chi connectivity index (χ0v) is 19.0. The molecule has 1 aliphatic rings. The fraction of sp³-hybridized carbons (Fsp3) is 0.545. The van der Waals surface area contributed by atoms with Crippen LogP contribution >= 0.6 is 0 Å². The molecule has 0 aromatic heterocycles. The second kappa shape index (κ2) is 12.3. The minimum Gasteiger partial charge on any atom is -0.493 e. The lowest BCUT2D eigenvalue weighted by molar-refractivity contribution is -0.114. The number of hydrogen-bond acceptors (Lipinski definition) is 6. The normalized spacial score (nSPS) is 18.7. The predicted octanol–water partition coefficient (Wildman–Crippen LogP) is 1.92. The van der Waals surface area contributed by atoms with Crippen LogP contribution in [0.15, 0.2) is 53.0 Å². The Morgan fingerprint density at radius 1 is 1.43 bits per heavy atom. The van der Waals surface area contributed by atoms with Gasteiger partial charge in [0.1, 0.15) is 23.7 Å². The molecular formula is C22H36FN5O2. The van der Waals surface area contributed by atoms with Gasteiger partial charge in [0.2, 0.25) is 0 Å². The van der Waals surface area contributed by atoms with Crippen LogP contribution in [-0.2, 0) is 9.53 Å². The number of amides is 1. The van der Waals surface area contributed by atoms with Crippen LogP contribution < -0.4 is 16.0 Å². The van der Waals surface area contributed by atoms with Gasteiger partial charge in [0.25, 0.3) is 5.91 Å². The Balaban J connectivity index is 2.68. The zero-order chi connectivity index (χ0) is 22.7. The second-order valence-corrected chi connectivity index (χ2v) is 7.77. The maximum atomic E-state index is 13.8. The van der Waals surface area contributed by atoms with Crippen LogP contribution in [0.1, 0.15) is 20.8 Å². The fourth-order valence-corrected chi connectivity index (χ4v) is 2.67. The molecule has 1 amide bonds. The molecule has 168 valence electrons. The van der Waals surface area contributed by atoms with Crippen molar-refractivity contribution < 1.29 is 13.9 Å². The number of halogens is 1. The lowest BCUT2D eigenvalue weighted by atomic mass is 10.00. The summed E-state index contributed by atoms with van der Waals surface area (Å²) in [6.07, 6.45) is 7.06. The second-order valence-electron chi connectivity index (χ2n) is 7.77. The number of carbonyl (C=O) groups excluding carboxylic acids is 1. The van der Waals surface area contributed by atoms with Crippen LogP contribution in [0.25, 0.3) is 0 Å². The van der Waals surface area contributed by atoms with E-state index in [2.05, 4.69) is 32.4 Å². The van der Waals surface area contributed by atoms with Gasteiger partial charge in [0.15, 0.2) is 0 Å². The molecule has 0 bridgehead atoms. The lowest BCUT2D eigenvalue weighted by Crippen LogP contribution is -2.39. The first-order valence-electron chi connectivity index (χ1n) is 10.0. The number of carbonyl (C=O) groups is 1. The number of nitrogens with one attached hydrogen (secondary N) is 3. The van der Waals surface area contributed by atoms with E-state index in [9.17, 15) is 9.18 Å². The first-order chi connectivity index (χ1) is 14.1. The summed E-state index contributed by atoms with van der Waals surface area (Å²) >= 11 is 0. The molecule has 1 heterocycles. The molecule has 0 aliphatic carbocycles. The highest BCUT2D eigenvalue weighted by Gasteiger charge is 2.23. The van der Waals surface area contributed by atoms with E-state index < -0.39 is 5.67 Å². The number of rotatable bonds is 12. The molecule has 1 aliphatic heterocycles. The van der Waals surface area contributed by atoms with Crippen molar-refractivity contribution in [3.8, 4) is 0 Å². The average Bonchev–Trinajstić information content (AvgIpc) is 2.72. The summed E-state index contributed by atoms with van der Waals surface area (Å²) < 4.78 is 19.5. The average molecular weight is 422 g/mol. The summed E-state index contributed by atoms with van der Waals surface area (Å²) in [4.78, 5) is 18.4. The third-order valence-electron chi connectivity index (χ3n) is 4.49. The summed E-state index contributed by atoms with van der Waals surface area (Å²) in [7, 11) is 5.38. The standard InChI is InChI=1S/C22H36FN5O2/c1-8-16(2)19(30-15-22(3,4)23)14-28(7)12-11-26-13-17-18(24-5)9-10-27-20(17)21(29)25-6/h8-10,13,18,24,26H,1,11-12,14-15H2,2-7H3,(H,25,29)/b17-13+,19-16+. The van der Waals surface area contributed by atoms with Crippen LogP contribution in [0, 0.1) is 0 Å². The number of aliphatic imine (C=N–C) groups is 1. The van der Waals surface area contributed by atoms with E-state index in [-0.39, 0.29) is 18.6 Å². The minimum absolute atomic E-state index is 0.00771. The smallest absolute Gasteiger partial charge is 0.270 e. The van der Waals surface area contributed by atoms with Gasteiger partial charge in [-0.3, -0.25) is 14.7 Å². The molecule has 1 atom stereocenters. The Morgan fingerprint density at radius 3 is 2.70 bits per heavy atom. The molecule has 0 spiro atoms.